The highest BCUT2D eigenvalue weighted by Gasteiger charge is 2.27. The Kier molecular flexibility index (Phi) is 3.87. The molecule has 0 N–H and O–H groups in total. The van der Waals surface area contributed by atoms with E-state index in [9.17, 15) is 13.2 Å². The standard InChI is InChI=1S/C22H18F3N/c1-13-10-14(2)12-16(11-13)21-18-5-3-4-17-15(8-9-22(23,24)25)6-7-19(26-21)20(17)18/h3-7,10-12H,8-9H2,1-2H3. The average molecular weight is 353 g/mol. The molecule has 1 aliphatic rings. The highest BCUT2D eigenvalue weighted by atomic mass is 19.4. The molecular weight excluding hydrogens is 335 g/mol. The Morgan fingerprint density at radius 3 is 2.35 bits per heavy atom. The summed E-state index contributed by atoms with van der Waals surface area (Å²) in [6.07, 6.45) is -4.97. The quantitative estimate of drug-likeness (QED) is 0.402. The smallest absolute Gasteiger partial charge is 0.247 e. The van der Waals surface area contributed by atoms with Gasteiger partial charge in [-0.15, -0.1) is 0 Å². The van der Waals surface area contributed by atoms with Gasteiger partial charge in [-0.1, -0.05) is 41.5 Å². The number of nitrogens with zero attached hydrogens (tertiary/aromatic N) is 1. The van der Waals surface area contributed by atoms with E-state index in [1.54, 1.807) is 6.07 Å². The summed E-state index contributed by atoms with van der Waals surface area (Å²) in [6, 6.07) is 15.7. The lowest BCUT2D eigenvalue weighted by Crippen LogP contribution is -2.08. The van der Waals surface area contributed by atoms with E-state index in [2.05, 4.69) is 32.0 Å². The Morgan fingerprint density at radius 1 is 0.923 bits per heavy atom. The zero-order chi connectivity index (χ0) is 18.5. The molecule has 0 bridgehead atoms. The van der Waals surface area contributed by atoms with Gasteiger partial charge in [0.15, 0.2) is 0 Å². The number of hydrogen-bond donors (Lipinski definition) is 0. The molecule has 0 aliphatic carbocycles. The molecule has 1 heterocycles. The summed E-state index contributed by atoms with van der Waals surface area (Å²) in [5.41, 5.74) is 6.82. The Hall–Kier alpha value is -2.62. The van der Waals surface area contributed by atoms with E-state index in [-0.39, 0.29) is 6.42 Å². The fourth-order valence-corrected chi connectivity index (χ4v) is 3.75. The monoisotopic (exact) mass is 353 g/mol. The molecule has 0 amide bonds. The Balaban J connectivity index is 1.82. The van der Waals surface area contributed by atoms with Crippen LogP contribution in [0.3, 0.4) is 0 Å². The van der Waals surface area contributed by atoms with E-state index in [4.69, 9.17) is 4.99 Å². The van der Waals surface area contributed by atoms with Gasteiger partial charge in [-0.05, 0) is 49.4 Å². The van der Waals surface area contributed by atoms with Gasteiger partial charge in [0.25, 0.3) is 0 Å². The van der Waals surface area contributed by atoms with Crippen molar-refractivity contribution in [3.8, 4) is 0 Å². The molecule has 3 aromatic rings. The molecule has 4 heteroatoms. The highest BCUT2D eigenvalue weighted by molar-refractivity contribution is 6.26. The van der Waals surface area contributed by atoms with E-state index in [0.717, 1.165) is 50.0 Å². The van der Waals surface area contributed by atoms with Crippen LogP contribution in [0.1, 0.15) is 34.2 Å². The predicted molar refractivity (Wildman–Crippen MR) is 99.5 cm³/mol. The SMILES string of the molecule is Cc1cc(C)cc(C2=Nc3ccc(CCC(F)(F)F)c4cccc2c34)c1. The summed E-state index contributed by atoms with van der Waals surface area (Å²) in [7, 11) is 0. The lowest BCUT2D eigenvalue weighted by molar-refractivity contribution is -0.133. The molecule has 132 valence electrons. The van der Waals surface area contributed by atoms with Crippen LogP contribution >= 0.6 is 0 Å². The second-order valence-electron chi connectivity index (χ2n) is 6.92. The number of rotatable bonds is 3. The molecule has 4 rings (SSSR count). The first-order valence-corrected chi connectivity index (χ1v) is 8.61. The third kappa shape index (κ3) is 3.00. The minimum absolute atomic E-state index is 0.0113. The topological polar surface area (TPSA) is 12.4 Å². The molecule has 1 aliphatic heterocycles. The molecule has 1 nitrogen and oxygen atoms in total. The summed E-state index contributed by atoms with van der Waals surface area (Å²) in [4.78, 5) is 4.79. The van der Waals surface area contributed by atoms with E-state index in [0.29, 0.717) is 0 Å². The van der Waals surface area contributed by atoms with Crippen molar-refractivity contribution >= 4 is 22.2 Å². The molecule has 0 saturated carbocycles. The summed E-state index contributed by atoms with van der Waals surface area (Å²) in [5.74, 6) is 0. The van der Waals surface area contributed by atoms with Gasteiger partial charge >= 0.3 is 6.18 Å². The van der Waals surface area contributed by atoms with Crippen LogP contribution in [0, 0.1) is 13.8 Å². The summed E-state index contributed by atoms with van der Waals surface area (Å²) >= 11 is 0. The van der Waals surface area contributed by atoms with Gasteiger partial charge in [-0.25, -0.2) is 4.99 Å². The van der Waals surface area contributed by atoms with E-state index < -0.39 is 12.6 Å². The third-order valence-corrected chi connectivity index (χ3v) is 4.77. The van der Waals surface area contributed by atoms with Gasteiger partial charge in [-0.2, -0.15) is 13.2 Å². The Morgan fingerprint density at radius 2 is 1.65 bits per heavy atom. The summed E-state index contributed by atoms with van der Waals surface area (Å²) < 4.78 is 37.9. The number of hydrogen-bond acceptors (Lipinski definition) is 1. The van der Waals surface area contributed by atoms with Crippen LogP contribution in [0.4, 0.5) is 18.9 Å². The van der Waals surface area contributed by atoms with Crippen molar-refractivity contribution in [2.75, 3.05) is 0 Å². The lowest BCUT2D eigenvalue weighted by atomic mass is 9.93. The summed E-state index contributed by atoms with van der Waals surface area (Å²) in [5, 5.41) is 1.83. The van der Waals surface area contributed by atoms with Crippen LogP contribution in [0.25, 0.3) is 10.8 Å². The number of benzene rings is 3. The highest BCUT2D eigenvalue weighted by Crippen LogP contribution is 2.39. The first-order valence-electron chi connectivity index (χ1n) is 8.61. The van der Waals surface area contributed by atoms with Gasteiger partial charge in [0.1, 0.15) is 0 Å². The fraction of sp³-hybridized carbons (Fsp3) is 0.227. The largest absolute Gasteiger partial charge is 0.389 e. The van der Waals surface area contributed by atoms with Crippen molar-refractivity contribution in [2.45, 2.75) is 32.9 Å². The lowest BCUT2D eigenvalue weighted by Gasteiger charge is -2.11. The zero-order valence-corrected chi connectivity index (χ0v) is 14.6. The van der Waals surface area contributed by atoms with Gasteiger partial charge in [0.05, 0.1) is 11.4 Å². The zero-order valence-electron chi connectivity index (χ0n) is 14.6. The van der Waals surface area contributed by atoms with Crippen LogP contribution in [0.5, 0.6) is 0 Å². The van der Waals surface area contributed by atoms with Crippen molar-refractivity contribution in [2.24, 2.45) is 4.99 Å². The van der Waals surface area contributed by atoms with Crippen molar-refractivity contribution in [3.63, 3.8) is 0 Å². The van der Waals surface area contributed by atoms with E-state index in [1.807, 2.05) is 24.3 Å². The molecule has 26 heavy (non-hydrogen) atoms. The van der Waals surface area contributed by atoms with Gasteiger partial charge < -0.3 is 0 Å². The first-order chi connectivity index (χ1) is 12.3. The Labute approximate surface area is 150 Å². The maximum Gasteiger partial charge on any atom is 0.389 e. The molecule has 0 atom stereocenters. The molecule has 0 fully saturated rings. The van der Waals surface area contributed by atoms with Crippen LogP contribution in [0.2, 0.25) is 0 Å². The van der Waals surface area contributed by atoms with E-state index in [1.165, 1.54) is 0 Å². The van der Waals surface area contributed by atoms with Crippen molar-refractivity contribution < 1.29 is 13.2 Å². The van der Waals surface area contributed by atoms with Gasteiger partial charge in [-0.3, -0.25) is 0 Å². The maximum atomic E-state index is 12.6. The molecule has 0 radical (unpaired) electrons. The Bertz CT molecular complexity index is 1020. The van der Waals surface area contributed by atoms with Crippen LogP contribution in [-0.4, -0.2) is 11.9 Å². The van der Waals surface area contributed by atoms with Crippen molar-refractivity contribution in [1.82, 2.24) is 0 Å². The first kappa shape index (κ1) is 16.8. The third-order valence-electron chi connectivity index (χ3n) is 4.77. The molecule has 0 spiro atoms. The number of halogens is 3. The second-order valence-corrected chi connectivity index (χ2v) is 6.92. The number of aryl methyl sites for hydroxylation is 3. The van der Waals surface area contributed by atoms with Crippen molar-refractivity contribution in [1.29, 1.82) is 0 Å². The van der Waals surface area contributed by atoms with Crippen molar-refractivity contribution in [3.05, 3.63) is 76.3 Å². The van der Waals surface area contributed by atoms with Gasteiger partial charge in [0, 0.05) is 22.9 Å². The second kappa shape index (κ2) is 5.97. The molecule has 0 unspecified atom stereocenters. The molecule has 3 aromatic carbocycles. The normalized spacial score (nSPS) is 13.3. The summed E-state index contributed by atoms with van der Waals surface area (Å²) in [6.45, 7) is 4.10. The van der Waals surface area contributed by atoms with Crippen LogP contribution in [-0.2, 0) is 6.42 Å². The molecule has 0 saturated heterocycles. The maximum absolute atomic E-state index is 12.6. The fourth-order valence-electron chi connectivity index (χ4n) is 3.75. The molecule has 0 aromatic heterocycles. The molecular formula is C22H18F3N. The van der Waals surface area contributed by atoms with Gasteiger partial charge in [0.2, 0.25) is 0 Å². The average Bonchev–Trinajstić information content (AvgIpc) is 2.93. The predicted octanol–water partition coefficient (Wildman–Crippen LogP) is 6.43. The number of alkyl halides is 3. The van der Waals surface area contributed by atoms with E-state index >= 15 is 0 Å². The minimum atomic E-state index is -4.15. The van der Waals surface area contributed by atoms with Crippen LogP contribution < -0.4 is 0 Å². The van der Waals surface area contributed by atoms with Crippen LogP contribution in [0.15, 0.2) is 53.5 Å². The number of aliphatic imine (C=N–C) groups is 1. The minimum Gasteiger partial charge on any atom is -0.247 e.